The summed E-state index contributed by atoms with van der Waals surface area (Å²) in [6.07, 6.45) is 0.904. The second-order valence-corrected chi connectivity index (χ2v) is 14.8. The highest BCUT2D eigenvalue weighted by molar-refractivity contribution is 6.01. The molecule has 2 aliphatic carbocycles. The molecule has 5 aliphatic rings. The number of ether oxygens (including phenoxy) is 2. The van der Waals surface area contributed by atoms with Crippen molar-refractivity contribution in [3.8, 4) is 28.4 Å². The van der Waals surface area contributed by atoms with Gasteiger partial charge in [0.25, 0.3) is 0 Å². The van der Waals surface area contributed by atoms with Gasteiger partial charge in [-0.25, -0.2) is 4.39 Å². The molecule has 4 aromatic rings. The summed E-state index contributed by atoms with van der Waals surface area (Å²) in [6, 6.07) is 3.44. The highest BCUT2D eigenvalue weighted by Crippen LogP contribution is 2.66. The van der Waals surface area contributed by atoms with E-state index in [-0.39, 0.29) is 42.6 Å². The fraction of sp³-hybridized carbons (Fsp3) is 0.543. The number of anilines is 1. The topological polar surface area (TPSA) is 113 Å². The highest BCUT2D eigenvalue weighted by atomic mass is 19.4. The maximum absolute atomic E-state index is 14.9. The standard InChI is InChI=1S/C35H37F4N7O3/c1-19-12-23-22(14-41-44-23)24(26(19)35(37,38)39)28-27-21(4-8-40-28)25-29(34(27)6-7-34)42-31(43-30(25)45-10-11-48-17-32(2,47)16-45)49-18-33-5-3-9-46(33)15-20(36)13-33/h4,8,12,14,20,47H,3,5-7,9-11,13,15-18H2,1-2H3,(H,41,44)/t20-,32+,33+/m1/s1. The van der Waals surface area contributed by atoms with E-state index in [0.29, 0.717) is 78.1 Å². The Morgan fingerprint density at radius 1 is 1.16 bits per heavy atom. The van der Waals surface area contributed by atoms with Crippen molar-refractivity contribution in [2.45, 2.75) is 74.9 Å². The van der Waals surface area contributed by atoms with Gasteiger partial charge in [-0.2, -0.15) is 28.2 Å². The van der Waals surface area contributed by atoms with Crippen molar-refractivity contribution in [3.63, 3.8) is 0 Å². The lowest BCUT2D eigenvalue weighted by atomic mass is 9.87. The summed E-state index contributed by atoms with van der Waals surface area (Å²) in [5, 5.41) is 18.5. The van der Waals surface area contributed by atoms with Crippen molar-refractivity contribution < 1.29 is 32.1 Å². The van der Waals surface area contributed by atoms with Gasteiger partial charge >= 0.3 is 12.2 Å². The van der Waals surface area contributed by atoms with Crippen LogP contribution in [0, 0.1) is 6.92 Å². The first-order valence-electron chi connectivity index (χ1n) is 16.9. The molecular formula is C35H37F4N7O3. The zero-order valence-electron chi connectivity index (χ0n) is 27.3. The summed E-state index contributed by atoms with van der Waals surface area (Å²) in [4.78, 5) is 18.8. The number of hydrogen-bond donors (Lipinski definition) is 2. The monoisotopic (exact) mass is 679 g/mol. The molecule has 49 heavy (non-hydrogen) atoms. The third-order valence-electron chi connectivity index (χ3n) is 11.2. The number of nitrogens with one attached hydrogen (secondary N) is 1. The molecule has 3 aromatic heterocycles. The Balaban J connectivity index is 1.23. The average molecular weight is 680 g/mol. The molecular weight excluding hydrogens is 642 g/mol. The molecule has 1 spiro atoms. The van der Waals surface area contributed by atoms with Gasteiger partial charge in [0.2, 0.25) is 0 Å². The zero-order chi connectivity index (χ0) is 33.9. The van der Waals surface area contributed by atoms with Crippen molar-refractivity contribution in [1.29, 1.82) is 0 Å². The van der Waals surface area contributed by atoms with Crippen molar-refractivity contribution in [1.82, 2.24) is 30.0 Å². The van der Waals surface area contributed by atoms with Crippen LogP contribution in [0.15, 0.2) is 24.5 Å². The molecule has 2 N–H and O–H groups in total. The highest BCUT2D eigenvalue weighted by Gasteiger charge is 2.58. The number of nitrogens with zero attached hydrogens (tertiary/aromatic N) is 6. The number of pyridine rings is 1. The van der Waals surface area contributed by atoms with Gasteiger partial charge in [-0.3, -0.25) is 15.0 Å². The lowest BCUT2D eigenvalue weighted by Crippen LogP contribution is -2.44. The number of aromatic amines is 1. The van der Waals surface area contributed by atoms with Crippen LogP contribution < -0.4 is 9.64 Å². The van der Waals surface area contributed by atoms with E-state index in [9.17, 15) is 22.7 Å². The van der Waals surface area contributed by atoms with Gasteiger partial charge in [-0.15, -0.1) is 0 Å². The van der Waals surface area contributed by atoms with Gasteiger partial charge in [0.15, 0.2) is 0 Å². The molecule has 10 nitrogen and oxygen atoms in total. The van der Waals surface area contributed by atoms with Crippen LogP contribution in [0.1, 0.15) is 61.4 Å². The first-order valence-corrected chi connectivity index (χ1v) is 16.9. The molecule has 4 fully saturated rings. The van der Waals surface area contributed by atoms with Crippen LogP contribution in [-0.2, 0) is 16.3 Å². The van der Waals surface area contributed by atoms with Gasteiger partial charge in [0, 0.05) is 47.6 Å². The summed E-state index contributed by atoms with van der Waals surface area (Å²) in [7, 11) is 0. The lowest BCUT2D eigenvalue weighted by molar-refractivity contribution is -0.137. The van der Waals surface area contributed by atoms with E-state index < -0.39 is 34.5 Å². The van der Waals surface area contributed by atoms with Crippen molar-refractivity contribution in [2.24, 2.45) is 0 Å². The molecule has 258 valence electrons. The second kappa shape index (κ2) is 10.6. The van der Waals surface area contributed by atoms with E-state index in [2.05, 4.69) is 20.1 Å². The van der Waals surface area contributed by atoms with Gasteiger partial charge < -0.3 is 19.5 Å². The zero-order valence-corrected chi connectivity index (χ0v) is 27.3. The number of halogens is 4. The SMILES string of the molecule is Cc1cc2[nH]ncc2c(-c2nccc3c2C2(CC2)c2nc(OC[C@@]45CCCN4C[C@H](F)C5)nc(N4CCOC[C@@](C)(O)C4)c2-3)c1C(F)(F)F. The molecule has 3 aliphatic heterocycles. The van der Waals surface area contributed by atoms with Gasteiger partial charge in [-0.05, 0) is 74.9 Å². The van der Waals surface area contributed by atoms with Gasteiger partial charge in [0.1, 0.15) is 24.2 Å². The number of alkyl halides is 4. The van der Waals surface area contributed by atoms with Crippen LogP contribution in [0.4, 0.5) is 23.4 Å². The molecule has 1 aromatic carbocycles. The number of β-amino-alcohol motifs (C(OH)–C–C–N with tert-alkyl or cyclic N) is 1. The van der Waals surface area contributed by atoms with Crippen molar-refractivity contribution in [3.05, 3.63) is 46.9 Å². The molecule has 0 bridgehead atoms. The Morgan fingerprint density at radius 3 is 2.80 bits per heavy atom. The molecule has 0 unspecified atom stereocenters. The summed E-state index contributed by atoms with van der Waals surface area (Å²) in [5.41, 5.74) is 0.541. The first-order chi connectivity index (χ1) is 23.4. The fourth-order valence-electron chi connectivity index (χ4n) is 9.06. The van der Waals surface area contributed by atoms with E-state index in [1.165, 1.54) is 19.2 Å². The number of aromatic nitrogens is 5. The van der Waals surface area contributed by atoms with Crippen molar-refractivity contribution in [2.75, 3.05) is 50.9 Å². The van der Waals surface area contributed by atoms with Crippen LogP contribution in [0.3, 0.4) is 0 Å². The fourth-order valence-corrected chi connectivity index (χ4v) is 9.06. The van der Waals surface area contributed by atoms with E-state index >= 15 is 0 Å². The summed E-state index contributed by atoms with van der Waals surface area (Å²) in [6.45, 7) is 5.72. The number of fused-ring (bicyclic) bond motifs is 7. The largest absolute Gasteiger partial charge is 0.461 e. The van der Waals surface area contributed by atoms with Gasteiger partial charge in [-0.1, -0.05) is 0 Å². The van der Waals surface area contributed by atoms with E-state index in [1.807, 2.05) is 11.0 Å². The molecule has 6 heterocycles. The molecule has 3 saturated heterocycles. The molecule has 1 saturated carbocycles. The third-order valence-corrected chi connectivity index (χ3v) is 11.2. The minimum Gasteiger partial charge on any atom is -0.461 e. The molecule has 14 heteroatoms. The maximum atomic E-state index is 14.9. The van der Waals surface area contributed by atoms with E-state index in [4.69, 9.17) is 19.4 Å². The lowest BCUT2D eigenvalue weighted by Gasteiger charge is -2.32. The Kier molecular flexibility index (Phi) is 6.71. The van der Waals surface area contributed by atoms with Crippen LogP contribution in [0.25, 0.3) is 33.3 Å². The Hall–Kier alpha value is -3.88. The van der Waals surface area contributed by atoms with Crippen LogP contribution in [0.5, 0.6) is 6.01 Å². The predicted octanol–water partition coefficient (Wildman–Crippen LogP) is 5.35. The normalized spacial score (nSPS) is 27.4. The number of aryl methyl sites for hydroxylation is 1. The molecule has 0 radical (unpaired) electrons. The summed E-state index contributed by atoms with van der Waals surface area (Å²) < 4.78 is 71.4. The summed E-state index contributed by atoms with van der Waals surface area (Å²) in [5.74, 6) is 0.525. The second-order valence-electron chi connectivity index (χ2n) is 14.8. The first kappa shape index (κ1) is 31.1. The molecule has 0 amide bonds. The minimum atomic E-state index is -4.65. The number of rotatable bonds is 5. The smallest absolute Gasteiger partial charge is 0.417 e. The Bertz CT molecular complexity index is 1990. The van der Waals surface area contributed by atoms with Crippen molar-refractivity contribution >= 4 is 16.7 Å². The maximum Gasteiger partial charge on any atom is 0.417 e. The number of benzene rings is 1. The molecule has 3 atom stereocenters. The van der Waals surface area contributed by atoms with E-state index in [0.717, 1.165) is 19.4 Å². The van der Waals surface area contributed by atoms with Crippen LogP contribution in [-0.4, -0.2) is 98.5 Å². The quantitative estimate of drug-likeness (QED) is 0.270. The van der Waals surface area contributed by atoms with Crippen LogP contribution >= 0.6 is 0 Å². The number of hydrogen-bond acceptors (Lipinski definition) is 9. The third kappa shape index (κ3) is 4.77. The van der Waals surface area contributed by atoms with E-state index in [1.54, 1.807) is 13.1 Å². The predicted molar refractivity (Wildman–Crippen MR) is 172 cm³/mol. The molecule has 9 rings (SSSR count). The summed E-state index contributed by atoms with van der Waals surface area (Å²) >= 11 is 0. The average Bonchev–Trinajstić information content (AvgIpc) is 3.29. The Labute approximate surface area is 279 Å². The minimum absolute atomic E-state index is 0.00768. The van der Waals surface area contributed by atoms with Crippen LogP contribution in [0.2, 0.25) is 0 Å². The number of aliphatic hydroxyl groups is 1. The number of H-pyrrole nitrogens is 1. The Morgan fingerprint density at radius 2 is 2.00 bits per heavy atom. The van der Waals surface area contributed by atoms with Gasteiger partial charge in [0.05, 0.1) is 54.0 Å².